The Morgan fingerprint density at radius 3 is 2.67 bits per heavy atom. The fourth-order valence-electron chi connectivity index (χ4n) is 1.47. The molecule has 15 heavy (non-hydrogen) atoms. The number of fused-ring (bicyclic) bond motifs is 1. The first kappa shape index (κ1) is 10.3. The Bertz CT molecular complexity index is 368. The fraction of sp³-hybridized carbons (Fsp3) is 0.500. The van der Waals surface area contributed by atoms with Gasteiger partial charge < -0.3 is 9.47 Å². The second kappa shape index (κ2) is 3.40. The number of benzene rings is 1. The predicted octanol–water partition coefficient (Wildman–Crippen LogP) is 3.01. The maximum absolute atomic E-state index is 13.0. The second-order valence-electron chi connectivity index (χ2n) is 4.87. The minimum Gasteiger partial charge on any atom is -0.486 e. The Morgan fingerprint density at radius 2 is 2.00 bits per heavy atom. The first-order valence-electron chi connectivity index (χ1n) is 5.06. The van der Waals surface area contributed by atoms with Gasteiger partial charge in [0.2, 0.25) is 0 Å². The summed E-state index contributed by atoms with van der Waals surface area (Å²) >= 11 is 0. The Kier molecular flexibility index (Phi) is 2.33. The van der Waals surface area contributed by atoms with E-state index in [1.807, 2.05) is 0 Å². The zero-order valence-electron chi connectivity index (χ0n) is 9.21. The zero-order valence-corrected chi connectivity index (χ0v) is 9.21. The Hall–Kier alpha value is -1.25. The first-order valence-corrected chi connectivity index (χ1v) is 5.06. The molecule has 1 heterocycles. The summed E-state index contributed by atoms with van der Waals surface area (Å²) in [5.74, 6) is 0.824. The van der Waals surface area contributed by atoms with Gasteiger partial charge in [-0.2, -0.15) is 0 Å². The predicted molar refractivity (Wildman–Crippen MR) is 55.8 cm³/mol. The maximum atomic E-state index is 13.0. The van der Waals surface area contributed by atoms with Gasteiger partial charge in [0.25, 0.3) is 0 Å². The Balaban J connectivity index is 2.26. The molecule has 0 bridgehead atoms. The molecule has 1 aliphatic heterocycles. The van der Waals surface area contributed by atoms with Crippen LogP contribution in [0.25, 0.3) is 0 Å². The van der Waals surface area contributed by atoms with Crippen molar-refractivity contribution >= 4 is 0 Å². The third kappa shape index (κ3) is 2.06. The molecule has 0 amide bonds. The van der Waals surface area contributed by atoms with Crippen LogP contribution >= 0.6 is 0 Å². The lowest BCUT2D eigenvalue weighted by Gasteiger charge is -2.34. The van der Waals surface area contributed by atoms with E-state index in [0.717, 1.165) is 0 Å². The lowest BCUT2D eigenvalue weighted by molar-refractivity contribution is 0.0160. The van der Waals surface area contributed by atoms with E-state index in [9.17, 15) is 4.39 Å². The molecule has 0 aromatic heterocycles. The lowest BCUT2D eigenvalue weighted by Crippen LogP contribution is -2.39. The van der Waals surface area contributed by atoms with E-state index in [2.05, 4.69) is 20.8 Å². The second-order valence-corrected chi connectivity index (χ2v) is 4.87. The van der Waals surface area contributed by atoms with Gasteiger partial charge in [0.15, 0.2) is 11.5 Å². The van der Waals surface area contributed by atoms with E-state index in [1.165, 1.54) is 12.1 Å². The molecule has 0 radical (unpaired) electrons. The van der Waals surface area contributed by atoms with Crippen molar-refractivity contribution in [3.63, 3.8) is 0 Å². The smallest absolute Gasteiger partial charge is 0.164 e. The summed E-state index contributed by atoms with van der Waals surface area (Å²) in [5.41, 5.74) is -0.00991. The van der Waals surface area contributed by atoms with Crippen LogP contribution in [0.3, 0.4) is 0 Å². The SMILES string of the molecule is CC(C)(C)C1COc2ccc(F)cc2O1. The van der Waals surface area contributed by atoms with Crippen molar-refractivity contribution in [2.45, 2.75) is 26.9 Å². The topological polar surface area (TPSA) is 18.5 Å². The monoisotopic (exact) mass is 210 g/mol. The van der Waals surface area contributed by atoms with Crippen LogP contribution in [0, 0.1) is 11.2 Å². The normalized spacial score (nSPS) is 20.1. The van der Waals surface area contributed by atoms with Crippen molar-refractivity contribution in [3.05, 3.63) is 24.0 Å². The quantitative estimate of drug-likeness (QED) is 0.655. The van der Waals surface area contributed by atoms with E-state index >= 15 is 0 Å². The lowest BCUT2D eigenvalue weighted by atomic mass is 9.89. The molecule has 1 aromatic rings. The van der Waals surface area contributed by atoms with E-state index in [1.54, 1.807) is 6.07 Å². The summed E-state index contributed by atoms with van der Waals surface area (Å²) in [6.45, 7) is 6.74. The van der Waals surface area contributed by atoms with Gasteiger partial charge in [-0.25, -0.2) is 4.39 Å². The van der Waals surface area contributed by atoms with Gasteiger partial charge in [0.05, 0.1) is 0 Å². The average molecular weight is 210 g/mol. The molecule has 0 spiro atoms. The van der Waals surface area contributed by atoms with Gasteiger partial charge in [0, 0.05) is 11.5 Å². The van der Waals surface area contributed by atoms with E-state index in [0.29, 0.717) is 18.1 Å². The fourth-order valence-corrected chi connectivity index (χ4v) is 1.47. The third-order valence-electron chi connectivity index (χ3n) is 2.53. The number of rotatable bonds is 0. The molecule has 1 atom stereocenters. The minimum atomic E-state index is -0.299. The minimum absolute atomic E-state index is 0.00991. The molecule has 2 rings (SSSR count). The molecule has 2 nitrogen and oxygen atoms in total. The number of halogens is 1. The number of hydrogen-bond acceptors (Lipinski definition) is 2. The molecule has 82 valence electrons. The average Bonchev–Trinajstić information content (AvgIpc) is 2.15. The summed E-state index contributed by atoms with van der Waals surface area (Å²) < 4.78 is 24.2. The van der Waals surface area contributed by atoms with Crippen molar-refractivity contribution in [1.29, 1.82) is 0 Å². The highest BCUT2D eigenvalue weighted by Crippen LogP contribution is 2.36. The first-order chi connectivity index (χ1) is 6.97. The molecule has 0 saturated carbocycles. The molecule has 1 aromatic carbocycles. The van der Waals surface area contributed by atoms with Crippen LogP contribution in [0.4, 0.5) is 4.39 Å². The summed E-state index contributed by atoms with van der Waals surface area (Å²) in [6, 6.07) is 4.34. The van der Waals surface area contributed by atoms with Crippen molar-refractivity contribution in [3.8, 4) is 11.5 Å². The highest BCUT2D eigenvalue weighted by atomic mass is 19.1. The Morgan fingerprint density at radius 1 is 1.27 bits per heavy atom. The van der Waals surface area contributed by atoms with E-state index in [4.69, 9.17) is 9.47 Å². The maximum Gasteiger partial charge on any atom is 0.164 e. The third-order valence-corrected chi connectivity index (χ3v) is 2.53. The van der Waals surface area contributed by atoms with Crippen LogP contribution in [0.5, 0.6) is 11.5 Å². The van der Waals surface area contributed by atoms with Gasteiger partial charge in [-0.05, 0) is 12.1 Å². The molecule has 0 saturated heterocycles. The van der Waals surface area contributed by atoms with Gasteiger partial charge in [-0.15, -0.1) is 0 Å². The molecule has 1 unspecified atom stereocenters. The van der Waals surface area contributed by atoms with Crippen molar-refractivity contribution in [2.24, 2.45) is 5.41 Å². The van der Waals surface area contributed by atoms with Crippen molar-refractivity contribution in [2.75, 3.05) is 6.61 Å². The largest absolute Gasteiger partial charge is 0.486 e. The number of hydrogen-bond donors (Lipinski definition) is 0. The Labute approximate surface area is 89.0 Å². The summed E-state index contributed by atoms with van der Waals surface area (Å²) in [7, 11) is 0. The highest BCUT2D eigenvalue weighted by Gasteiger charge is 2.31. The van der Waals surface area contributed by atoms with Crippen LogP contribution in [-0.2, 0) is 0 Å². The molecule has 0 fully saturated rings. The van der Waals surface area contributed by atoms with E-state index < -0.39 is 0 Å². The standard InChI is InChI=1S/C12H15FO2/c1-12(2,3)11-7-14-9-5-4-8(13)6-10(9)15-11/h4-6,11H,7H2,1-3H3. The van der Waals surface area contributed by atoms with Crippen LogP contribution in [-0.4, -0.2) is 12.7 Å². The van der Waals surface area contributed by atoms with E-state index in [-0.39, 0.29) is 17.3 Å². The molecule has 1 aliphatic rings. The van der Waals surface area contributed by atoms with Gasteiger partial charge >= 0.3 is 0 Å². The van der Waals surface area contributed by atoms with Crippen LogP contribution in [0.1, 0.15) is 20.8 Å². The van der Waals surface area contributed by atoms with Crippen molar-refractivity contribution < 1.29 is 13.9 Å². The molecule has 0 aliphatic carbocycles. The zero-order chi connectivity index (χ0) is 11.1. The van der Waals surface area contributed by atoms with Crippen LogP contribution in [0.2, 0.25) is 0 Å². The molecular formula is C12H15FO2. The molecular weight excluding hydrogens is 195 g/mol. The van der Waals surface area contributed by atoms with Gasteiger partial charge in [-0.3, -0.25) is 0 Å². The summed E-state index contributed by atoms with van der Waals surface area (Å²) in [5, 5.41) is 0. The van der Waals surface area contributed by atoms with Gasteiger partial charge in [0.1, 0.15) is 18.5 Å². The number of ether oxygens (including phenoxy) is 2. The van der Waals surface area contributed by atoms with Gasteiger partial charge in [-0.1, -0.05) is 20.8 Å². The van der Waals surface area contributed by atoms with Crippen LogP contribution < -0.4 is 9.47 Å². The van der Waals surface area contributed by atoms with Crippen molar-refractivity contribution in [1.82, 2.24) is 0 Å². The molecule has 0 N–H and O–H groups in total. The molecule has 3 heteroatoms. The summed E-state index contributed by atoms with van der Waals surface area (Å²) in [6.07, 6.45) is -0.0354. The van der Waals surface area contributed by atoms with Crippen LogP contribution in [0.15, 0.2) is 18.2 Å². The summed E-state index contributed by atoms with van der Waals surface area (Å²) in [4.78, 5) is 0. The highest BCUT2D eigenvalue weighted by molar-refractivity contribution is 5.41.